The Morgan fingerprint density at radius 2 is 2.00 bits per heavy atom. The summed E-state index contributed by atoms with van der Waals surface area (Å²) >= 11 is 5.67. The molecule has 1 atom stereocenters. The van der Waals surface area contributed by atoms with Crippen LogP contribution in [0.5, 0.6) is 0 Å². The van der Waals surface area contributed by atoms with E-state index in [2.05, 4.69) is 10.3 Å². The van der Waals surface area contributed by atoms with E-state index in [1.54, 1.807) is 19.1 Å². The number of hydrogen-bond acceptors (Lipinski definition) is 3. The fourth-order valence-corrected chi connectivity index (χ4v) is 2.35. The monoisotopic (exact) mass is 295 g/mol. The average molecular weight is 296 g/mol. The minimum atomic E-state index is -0.531. The molecule has 1 fully saturated rings. The van der Waals surface area contributed by atoms with Gasteiger partial charge in [0, 0.05) is 19.3 Å². The first-order valence-electron chi connectivity index (χ1n) is 6.79. The maximum absolute atomic E-state index is 12.2. The highest BCUT2D eigenvalue weighted by atomic mass is 35.5. The van der Waals surface area contributed by atoms with Crippen LogP contribution in [0.2, 0.25) is 5.15 Å². The van der Waals surface area contributed by atoms with E-state index >= 15 is 0 Å². The van der Waals surface area contributed by atoms with Crippen LogP contribution in [0.3, 0.4) is 0 Å². The summed E-state index contributed by atoms with van der Waals surface area (Å²) < 4.78 is 0. The van der Waals surface area contributed by atoms with Crippen molar-refractivity contribution in [1.29, 1.82) is 0 Å². The Balaban J connectivity index is 1.92. The third-order valence-electron chi connectivity index (χ3n) is 3.38. The average Bonchev–Trinajstić information content (AvgIpc) is 2.48. The van der Waals surface area contributed by atoms with Gasteiger partial charge < -0.3 is 10.2 Å². The Bertz CT molecular complexity index is 484. The van der Waals surface area contributed by atoms with Crippen molar-refractivity contribution in [3.05, 3.63) is 29.0 Å². The van der Waals surface area contributed by atoms with Gasteiger partial charge in [-0.3, -0.25) is 9.59 Å². The van der Waals surface area contributed by atoms with Crippen molar-refractivity contribution < 1.29 is 9.59 Å². The van der Waals surface area contributed by atoms with Crippen LogP contribution >= 0.6 is 11.6 Å². The first kappa shape index (κ1) is 14.8. The molecule has 1 aromatic heterocycles. The van der Waals surface area contributed by atoms with Crippen LogP contribution in [0.15, 0.2) is 18.3 Å². The fraction of sp³-hybridized carbons (Fsp3) is 0.500. The molecule has 20 heavy (non-hydrogen) atoms. The third kappa shape index (κ3) is 3.70. The van der Waals surface area contributed by atoms with Crippen LogP contribution in [0.1, 0.15) is 36.5 Å². The van der Waals surface area contributed by atoms with Gasteiger partial charge in [0.25, 0.3) is 5.91 Å². The zero-order chi connectivity index (χ0) is 14.5. The molecule has 5 nitrogen and oxygen atoms in total. The molecule has 1 unspecified atom stereocenters. The quantitative estimate of drug-likeness (QED) is 0.866. The third-order valence-corrected chi connectivity index (χ3v) is 3.60. The Hall–Kier alpha value is -1.62. The summed E-state index contributed by atoms with van der Waals surface area (Å²) in [6.45, 7) is 3.27. The second kappa shape index (κ2) is 6.70. The Morgan fingerprint density at radius 1 is 1.30 bits per heavy atom. The second-order valence-corrected chi connectivity index (χ2v) is 5.34. The van der Waals surface area contributed by atoms with Crippen LogP contribution in [-0.2, 0) is 4.79 Å². The maximum Gasteiger partial charge on any atom is 0.253 e. The van der Waals surface area contributed by atoms with Crippen LogP contribution in [0, 0.1) is 0 Å². The number of piperidine rings is 1. The molecule has 108 valence electrons. The van der Waals surface area contributed by atoms with Gasteiger partial charge in [0.2, 0.25) is 5.91 Å². The topological polar surface area (TPSA) is 62.3 Å². The first-order chi connectivity index (χ1) is 9.58. The molecule has 0 spiro atoms. The SMILES string of the molecule is CC(NC(=O)c1ccc(Cl)nc1)C(=O)N1CCCCC1. The predicted octanol–water partition coefficient (Wildman–Crippen LogP) is 1.87. The maximum atomic E-state index is 12.2. The van der Waals surface area contributed by atoms with Crippen LogP contribution in [0.4, 0.5) is 0 Å². The highest BCUT2D eigenvalue weighted by Crippen LogP contribution is 2.10. The van der Waals surface area contributed by atoms with E-state index in [9.17, 15) is 9.59 Å². The molecule has 2 rings (SSSR count). The number of nitrogens with zero attached hydrogens (tertiary/aromatic N) is 2. The molecule has 0 radical (unpaired) electrons. The lowest BCUT2D eigenvalue weighted by atomic mass is 10.1. The molecule has 2 heterocycles. The van der Waals surface area contributed by atoms with Crippen molar-refractivity contribution in [1.82, 2.24) is 15.2 Å². The highest BCUT2D eigenvalue weighted by molar-refractivity contribution is 6.29. The van der Waals surface area contributed by atoms with E-state index in [-0.39, 0.29) is 11.8 Å². The van der Waals surface area contributed by atoms with Gasteiger partial charge in [-0.25, -0.2) is 4.98 Å². The lowest BCUT2D eigenvalue weighted by Gasteiger charge is -2.29. The van der Waals surface area contributed by atoms with Crippen molar-refractivity contribution in [2.75, 3.05) is 13.1 Å². The minimum Gasteiger partial charge on any atom is -0.341 e. The molecule has 0 bridgehead atoms. The van der Waals surface area contributed by atoms with Gasteiger partial charge in [-0.1, -0.05) is 11.6 Å². The van der Waals surface area contributed by atoms with E-state index in [1.807, 2.05) is 4.90 Å². The standard InChI is InChI=1S/C14H18ClN3O2/c1-10(14(20)18-7-3-2-4-8-18)17-13(19)11-5-6-12(15)16-9-11/h5-6,9-10H,2-4,7-8H2,1H3,(H,17,19). The van der Waals surface area contributed by atoms with Gasteiger partial charge in [0.1, 0.15) is 11.2 Å². The van der Waals surface area contributed by atoms with Crippen LogP contribution < -0.4 is 5.32 Å². The van der Waals surface area contributed by atoms with E-state index in [4.69, 9.17) is 11.6 Å². The van der Waals surface area contributed by atoms with Gasteiger partial charge in [-0.15, -0.1) is 0 Å². The van der Waals surface area contributed by atoms with Crippen molar-refractivity contribution in [3.63, 3.8) is 0 Å². The van der Waals surface area contributed by atoms with Crippen molar-refractivity contribution in [2.24, 2.45) is 0 Å². The van der Waals surface area contributed by atoms with Gasteiger partial charge >= 0.3 is 0 Å². The summed E-state index contributed by atoms with van der Waals surface area (Å²) in [6, 6.07) is 2.60. The fourth-order valence-electron chi connectivity index (χ4n) is 2.24. The molecule has 0 aliphatic carbocycles. The Kier molecular flexibility index (Phi) is 4.95. The molecule has 0 saturated carbocycles. The molecule has 0 aromatic carbocycles. The van der Waals surface area contributed by atoms with Crippen LogP contribution in [-0.4, -0.2) is 40.8 Å². The number of rotatable bonds is 3. The van der Waals surface area contributed by atoms with E-state index in [0.717, 1.165) is 25.9 Å². The molecular formula is C14H18ClN3O2. The number of nitrogens with one attached hydrogen (secondary N) is 1. The number of carbonyl (C=O) groups is 2. The van der Waals surface area contributed by atoms with Crippen molar-refractivity contribution >= 4 is 23.4 Å². The highest BCUT2D eigenvalue weighted by Gasteiger charge is 2.23. The molecule has 1 saturated heterocycles. The summed E-state index contributed by atoms with van der Waals surface area (Å²) in [7, 11) is 0. The van der Waals surface area contributed by atoms with E-state index in [0.29, 0.717) is 10.7 Å². The number of halogens is 1. The molecule has 6 heteroatoms. The van der Waals surface area contributed by atoms with Gasteiger partial charge in [0.05, 0.1) is 5.56 Å². The zero-order valence-corrected chi connectivity index (χ0v) is 12.2. The zero-order valence-electron chi connectivity index (χ0n) is 11.4. The summed E-state index contributed by atoms with van der Waals surface area (Å²) in [6.07, 6.45) is 4.64. The summed E-state index contributed by atoms with van der Waals surface area (Å²) in [5.74, 6) is -0.341. The Labute approximate surface area is 123 Å². The number of pyridine rings is 1. The van der Waals surface area contributed by atoms with E-state index < -0.39 is 6.04 Å². The predicted molar refractivity (Wildman–Crippen MR) is 76.6 cm³/mol. The van der Waals surface area contributed by atoms with Gasteiger partial charge in [-0.05, 0) is 38.3 Å². The summed E-state index contributed by atoms with van der Waals surface area (Å²) in [5, 5.41) is 3.03. The molecule has 1 aliphatic heterocycles. The minimum absolute atomic E-state index is 0.0278. The second-order valence-electron chi connectivity index (χ2n) is 4.95. The summed E-state index contributed by atoms with van der Waals surface area (Å²) in [5.41, 5.74) is 0.396. The molecule has 1 N–H and O–H groups in total. The smallest absolute Gasteiger partial charge is 0.253 e. The van der Waals surface area contributed by atoms with Crippen molar-refractivity contribution in [2.45, 2.75) is 32.2 Å². The molecule has 2 amide bonds. The number of amides is 2. The van der Waals surface area contributed by atoms with E-state index in [1.165, 1.54) is 12.6 Å². The number of likely N-dealkylation sites (tertiary alicyclic amines) is 1. The number of aromatic nitrogens is 1. The normalized spacial score (nSPS) is 16.6. The Morgan fingerprint density at radius 3 is 2.60 bits per heavy atom. The van der Waals surface area contributed by atoms with Crippen LogP contribution in [0.25, 0.3) is 0 Å². The lowest BCUT2D eigenvalue weighted by molar-refractivity contribution is -0.133. The molecule has 1 aliphatic rings. The number of hydrogen-bond donors (Lipinski definition) is 1. The number of carbonyl (C=O) groups excluding carboxylic acids is 2. The van der Waals surface area contributed by atoms with Gasteiger partial charge in [-0.2, -0.15) is 0 Å². The largest absolute Gasteiger partial charge is 0.341 e. The first-order valence-corrected chi connectivity index (χ1v) is 7.17. The molecule has 1 aromatic rings. The molecular weight excluding hydrogens is 278 g/mol. The summed E-state index contributed by atoms with van der Waals surface area (Å²) in [4.78, 5) is 29.8. The lowest BCUT2D eigenvalue weighted by Crippen LogP contribution is -2.48. The van der Waals surface area contributed by atoms with Crippen molar-refractivity contribution in [3.8, 4) is 0 Å². The van der Waals surface area contributed by atoms with Gasteiger partial charge in [0.15, 0.2) is 0 Å².